The monoisotopic (exact) mass is 1840 g/mol. The van der Waals surface area contributed by atoms with Gasteiger partial charge in [0, 0.05) is 81.5 Å². The van der Waals surface area contributed by atoms with Gasteiger partial charge in [0.25, 0.3) is 0 Å². The number of carboxylic acids is 2. The molecule has 6 aliphatic heterocycles. The third-order valence-corrected chi connectivity index (χ3v) is 23.8. The van der Waals surface area contributed by atoms with Gasteiger partial charge in [-0.3, -0.25) is 24.0 Å². The molecular weight excluding hydrogens is 1700 g/mol. The highest BCUT2D eigenvalue weighted by atomic mass is 16.7. The molecule has 6 heterocycles. The van der Waals surface area contributed by atoms with E-state index in [1.54, 1.807) is 167 Å². The molecule has 6 aliphatic rings. The van der Waals surface area contributed by atoms with E-state index in [1.807, 2.05) is 32.1 Å². The highest BCUT2D eigenvalue weighted by molar-refractivity contribution is 5.79. The van der Waals surface area contributed by atoms with Crippen molar-refractivity contribution in [3.05, 3.63) is 170 Å². The standard InChI is InChI=1S/C47H73NO17.C47H71NO17/c1-27-17-15-13-11-9-7-5-6-8-10-12-14-16-18-36(64-46-44(58)41(48)43(57)30(4)63-46)24-38-40(45(59)60)37(54)26-47(61,65-38)25-35(53)22-33(51)20-31(49)19-32(50)21-34(52)23-39(55)62-29(3)28(2)42(27)56;1-27-17-15-13-11-9-7-5-6-8-10-12-14-16-18-34(64-46-44(58)41(48)43(57)30(4)63-46)24-38-40(45(59)60)37(54)26-47(61,65-38)25-36(53)35(52)20-19-31(49)21-32(50)22-33(51)23-39(55)62-29(3)28(2)42(27)56/h5-18,27-38,40-44,46,49-54,56-58,61H,19-26,48H2,1-4H3,(H,59,60);5-18,27-30,32-38,40-44,46,50-54,56-58,61H,19-26,48H2,1-4H3,(H,59,60)/b2*6-5+,9-7+,10-8+,13-11+,14-12+,17-15+,18-16+/t27-,28-,29-,30?,31-,32+,33?,34+,35-,36-,37-,38?,40+,41?,42+,43?,44?,46?,47+;27-,28-,29-,30?,32+,33+,34-,35+,36+,37-,38?,40+,41?,42+,43?,44?,46?,47+/m00/s1. The van der Waals surface area contributed by atoms with Gasteiger partial charge in [-0.2, -0.15) is 0 Å². The minimum Gasteiger partial charge on any atom is -0.481 e. The molecule has 6 rings (SSSR count). The van der Waals surface area contributed by atoms with Crippen LogP contribution in [-0.2, 0) is 61.9 Å². The minimum atomic E-state index is -2.38. The predicted molar refractivity (Wildman–Crippen MR) is 473 cm³/mol. The molecule has 0 amide bonds. The number of esters is 2. The number of rotatable bonds is 6. The number of Topliss-reactive ketones (excluding diaryl/α,β-unsaturated/α-hetero) is 1. The molecule has 0 aromatic carbocycles. The van der Waals surface area contributed by atoms with Crippen molar-refractivity contribution in [2.45, 2.75) is 347 Å². The van der Waals surface area contributed by atoms with Crippen molar-refractivity contribution < 1.29 is 169 Å². The van der Waals surface area contributed by atoms with Crippen molar-refractivity contribution in [2.24, 2.45) is 47.0 Å². The second-order valence-electron chi connectivity index (χ2n) is 35.0. The number of carboxylic acid groups (broad SMARTS) is 2. The third-order valence-electron chi connectivity index (χ3n) is 23.8. The average Bonchev–Trinajstić information content (AvgIpc) is 0.782. The number of hydrogen-bond acceptors (Lipinski definition) is 34. The van der Waals surface area contributed by atoms with Gasteiger partial charge >= 0.3 is 23.9 Å². The quantitative estimate of drug-likeness (QED) is 0.168. The third kappa shape index (κ3) is 39.4. The molecule has 36 nitrogen and oxygen atoms in total. The van der Waals surface area contributed by atoms with Gasteiger partial charge in [-0.15, -0.1) is 0 Å². The van der Waals surface area contributed by atoms with E-state index in [2.05, 4.69) is 0 Å². The van der Waals surface area contributed by atoms with Crippen LogP contribution in [0.5, 0.6) is 0 Å². The summed E-state index contributed by atoms with van der Waals surface area (Å²) in [5.41, 5.74) is 12.0. The van der Waals surface area contributed by atoms with Crippen LogP contribution in [0.3, 0.4) is 0 Å². The molecule has 37 atom stereocenters. The van der Waals surface area contributed by atoms with Crippen molar-refractivity contribution in [3.8, 4) is 0 Å². The van der Waals surface area contributed by atoms with E-state index in [1.165, 1.54) is 26.0 Å². The van der Waals surface area contributed by atoms with E-state index in [9.17, 15) is 131 Å². The fraction of sp³-hybridized carbons (Fsp3) is 0.649. The van der Waals surface area contributed by atoms with E-state index in [0.29, 0.717) is 0 Å². The zero-order chi connectivity index (χ0) is 96.9. The number of aliphatic hydroxyl groups excluding tert-OH is 17. The van der Waals surface area contributed by atoms with Crippen LogP contribution in [-0.4, -0.2) is 326 Å². The number of ketones is 1. The topological polar surface area (TPSA) is 636 Å². The molecule has 0 radical (unpaired) electrons. The maximum absolute atomic E-state index is 12.7. The van der Waals surface area contributed by atoms with Crippen LogP contribution in [0.2, 0.25) is 0 Å². The first-order valence-corrected chi connectivity index (χ1v) is 44.5. The van der Waals surface area contributed by atoms with Gasteiger partial charge in [-0.05, 0) is 59.8 Å². The Morgan fingerprint density at radius 1 is 0.346 bits per heavy atom. The van der Waals surface area contributed by atoms with Gasteiger partial charge in [0.2, 0.25) is 0 Å². The summed E-state index contributed by atoms with van der Waals surface area (Å²) in [7, 11) is 0. The molecule has 0 aliphatic carbocycles. The first-order valence-electron chi connectivity index (χ1n) is 44.5. The van der Waals surface area contributed by atoms with Crippen molar-refractivity contribution in [2.75, 3.05) is 0 Å². The summed E-state index contributed by atoms with van der Waals surface area (Å²) in [5.74, 6) is -14.3. The second-order valence-corrected chi connectivity index (χ2v) is 35.0. The fourth-order valence-electron chi connectivity index (χ4n) is 15.9. The average molecular weight is 1850 g/mol. The number of aliphatic hydroxyl groups is 19. The smallest absolute Gasteiger partial charge is 0.311 e. The molecule has 0 aromatic heterocycles. The van der Waals surface area contributed by atoms with Gasteiger partial charge in [-0.25, -0.2) is 0 Å². The van der Waals surface area contributed by atoms with Crippen LogP contribution >= 0.6 is 0 Å². The van der Waals surface area contributed by atoms with E-state index < -0.39 is 294 Å². The van der Waals surface area contributed by atoms with E-state index in [-0.39, 0.29) is 63.2 Å². The highest BCUT2D eigenvalue weighted by Crippen LogP contribution is 2.41. The maximum atomic E-state index is 12.7. The number of aliphatic carboxylic acids is 2. The Balaban J connectivity index is 0.000000460. The molecule has 13 unspecified atom stereocenters. The summed E-state index contributed by atoms with van der Waals surface area (Å²) in [6, 6.07) is -2.30. The summed E-state index contributed by atoms with van der Waals surface area (Å²) in [5, 5.41) is 225. The molecule has 4 bridgehead atoms. The number of fused-ring (bicyclic) bond motifs is 4. The zero-order valence-electron chi connectivity index (χ0n) is 75.0. The summed E-state index contributed by atoms with van der Waals surface area (Å²) in [6.45, 7) is 13.4. The molecular formula is C94H144N2O34. The van der Waals surface area contributed by atoms with Crippen molar-refractivity contribution in [1.82, 2.24) is 0 Å². The second kappa shape index (κ2) is 56.9. The Labute approximate surface area is 759 Å². The lowest BCUT2D eigenvalue weighted by molar-refractivity contribution is -0.310. The zero-order valence-corrected chi connectivity index (χ0v) is 75.0. The SMILES string of the molecule is CC1OC(O[C@H]2/C=C/C=C/C=C/C=C/C=C/C=C/C=C/[C@H](C)[C@@H](O)[C@@H](C)[C@H](C)OC(=O)C[C@H](O)C[C@H](O)CC(=O)CC[C@@H](O)[C@H](O)C[C@]3(O)C[C@H](O)[C@@H](C(=O)O)C(C2)O3)C(O)C(N)C1O.CC1OC(O[C@H]2/C=C/C=C/C=C/C=C/C=C/C=C/C=C/[C@H](C)[C@@H](O)[C@@H](C)[C@H](C)OC(=O)C[C@H](O)C[C@H](O)C[C@H](O)CC(O)C[C@H](O)C[C@]3(O)C[C@H](O)[C@@H](C(=O)O)C(C2)O3)C(O)C(N)C1O. The maximum Gasteiger partial charge on any atom is 0.311 e. The van der Waals surface area contributed by atoms with Gasteiger partial charge < -0.3 is 157 Å². The molecule has 0 spiro atoms. The number of hydrogen-bond donors (Lipinski definition) is 23. The van der Waals surface area contributed by atoms with Crippen LogP contribution < -0.4 is 11.5 Å². The molecule has 130 heavy (non-hydrogen) atoms. The number of carbonyl (C=O) groups excluding carboxylic acids is 3. The summed E-state index contributed by atoms with van der Waals surface area (Å²) in [4.78, 5) is 62.9. The molecule has 734 valence electrons. The van der Waals surface area contributed by atoms with Gasteiger partial charge in [0.15, 0.2) is 24.2 Å². The van der Waals surface area contributed by atoms with Crippen LogP contribution in [0.4, 0.5) is 0 Å². The Morgan fingerprint density at radius 2 is 0.638 bits per heavy atom. The van der Waals surface area contributed by atoms with E-state index >= 15 is 0 Å². The lowest BCUT2D eigenvalue weighted by Crippen LogP contribution is -2.61. The largest absolute Gasteiger partial charge is 0.481 e. The summed E-state index contributed by atoms with van der Waals surface area (Å²) < 4.78 is 46.2. The highest BCUT2D eigenvalue weighted by Gasteiger charge is 2.54. The lowest BCUT2D eigenvalue weighted by Gasteiger charge is -2.45. The number of nitrogens with two attached hydrogens (primary N) is 2. The predicted octanol–water partition coefficient (Wildman–Crippen LogP) is 1.63. The van der Waals surface area contributed by atoms with Gasteiger partial charge in [0.1, 0.15) is 42.0 Å². The normalized spacial score (nSPS) is 44.9. The summed E-state index contributed by atoms with van der Waals surface area (Å²) in [6.07, 6.45) is 7.17. The van der Waals surface area contributed by atoms with Gasteiger partial charge in [-0.1, -0.05) is 198 Å². The Kier molecular flexibility index (Phi) is 49.6. The Morgan fingerprint density at radius 3 is 0.985 bits per heavy atom. The Bertz CT molecular complexity index is 3860. The molecule has 25 N–H and O–H groups in total. The Hall–Kier alpha value is -7.17. The van der Waals surface area contributed by atoms with Crippen LogP contribution in [0.1, 0.15) is 158 Å². The molecule has 4 saturated heterocycles. The number of allylic oxidation sites excluding steroid dienone is 24. The number of carbonyl (C=O) groups is 5. The van der Waals surface area contributed by atoms with Crippen LogP contribution in [0.25, 0.3) is 0 Å². The van der Waals surface area contributed by atoms with Crippen LogP contribution in [0, 0.1) is 35.5 Å². The first kappa shape index (κ1) is 113. The fourth-order valence-corrected chi connectivity index (χ4v) is 15.9. The number of ether oxygens (including phenoxy) is 8. The lowest BCUT2D eigenvalue weighted by atomic mass is 9.82. The summed E-state index contributed by atoms with van der Waals surface area (Å²) >= 11 is 0. The van der Waals surface area contributed by atoms with Crippen molar-refractivity contribution in [1.29, 1.82) is 0 Å². The number of cyclic esters (lactones) is 2. The van der Waals surface area contributed by atoms with E-state index in [0.717, 1.165) is 0 Å². The molecule has 4 fully saturated rings. The minimum absolute atomic E-state index is 0.285. The molecule has 36 heteroatoms. The van der Waals surface area contributed by atoms with Gasteiger partial charge in [0.05, 0.1) is 153 Å². The molecule has 0 aromatic rings. The van der Waals surface area contributed by atoms with Crippen molar-refractivity contribution in [3.63, 3.8) is 0 Å². The molecule has 0 saturated carbocycles. The van der Waals surface area contributed by atoms with Crippen molar-refractivity contribution >= 4 is 29.7 Å². The van der Waals surface area contributed by atoms with E-state index in [4.69, 9.17) is 49.4 Å². The van der Waals surface area contributed by atoms with Crippen LogP contribution in [0.15, 0.2) is 170 Å². The first-order chi connectivity index (χ1) is 61.2.